The Balaban J connectivity index is 3.05. The summed E-state index contributed by atoms with van der Waals surface area (Å²) < 4.78 is 0. The fourth-order valence-electron chi connectivity index (χ4n) is 0.972. The van der Waals surface area contributed by atoms with Crippen LogP contribution in [0, 0.1) is 6.92 Å². The van der Waals surface area contributed by atoms with Crippen LogP contribution in [-0.2, 0) is 0 Å². The van der Waals surface area contributed by atoms with Crippen LogP contribution in [0.3, 0.4) is 0 Å². The fourth-order valence-corrected chi connectivity index (χ4v) is 0.972. The van der Waals surface area contributed by atoms with Crippen molar-refractivity contribution in [1.29, 1.82) is 0 Å². The van der Waals surface area contributed by atoms with Crippen LogP contribution in [0.15, 0.2) is 12.1 Å². The minimum atomic E-state index is 0.536. The van der Waals surface area contributed by atoms with Crippen LogP contribution < -0.4 is 5.46 Å². The molecule has 1 nitrogen and oxygen atoms in total. The number of rotatable bonds is 1. The Kier molecular flexibility index (Phi) is 2.33. The van der Waals surface area contributed by atoms with E-state index in [2.05, 4.69) is 45.7 Å². The fraction of sp³-hybridized carbons (Fsp3) is 0.444. The molecule has 0 amide bonds. The molecule has 2 heteroatoms. The second-order valence-corrected chi connectivity index (χ2v) is 3.29. The zero-order chi connectivity index (χ0) is 8.43. The topological polar surface area (TPSA) is 12.9 Å². The average molecular weight is 147 g/mol. The third-order valence-electron chi connectivity index (χ3n) is 1.96. The summed E-state index contributed by atoms with van der Waals surface area (Å²) in [5.41, 5.74) is 3.61. The van der Waals surface area contributed by atoms with Crippen molar-refractivity contribution in [3.05, 3.63) is 23.5 Å². The van der Waals surface area contributed by atoms with Crippen LogP contribution in [0.25, 0.3) is 0 Å². The van der Waals surface area contributed by atoms with Crippen LogP contribution in [0.2, 0.25) is 0 Å². The molecule has 11 heavy (non-hydrogen) atoms. The van der Waals surface area contributed by atoms with Gasteiger partial charge in [-0.3, -0.25) is 4.98 Å². The minimum Gasteiger partial charge on any atom is -0.259 e. The summed E-state index contributed by atoms with van der Waals surface area (Å²) in [6.45, 7) is 6.38. The predicted octanol–water partition coefficient (Wildman–Crippen LogP) is 0.772. The Morgan fingerprint density at radius 1 is 1.36 bits per heavy atom. The third-order valence-corrected chi connectivity index (χ3v) is 1.96. The maximum Gasteiger partial charge on any atom is 0.141 e. The molecule has 0 aromatic carbocycles. The molecule has 0 fully saturated rings. The van der Waals surface area contributed by atoms with E-state index in [1.807, 2.05) is 0 Å². The SMILES string of the molecule is Bc1ccc(C(C)C)nc1C. The van der Waals surface area contributed by atoms with E-state index in [4.69, 9.17) is 0 Å². The highest BCUT2D eigenvalue weighted by Crippen LogP contribution is 2.09. The van der Waals surface area contributed by atoms with Crippen molar-refractivity contribution in [3.8, 4) is 0 Å². The summed E-state index contributed by atoms with van der Waals surface area (Å²) in [4.78, 5) is 4.47. The molecule has 0 atom stereocenters. The lowest BCUT2D eigenvalue weighted by molar-refractivity contribution is 0.817. The molecule has 0 aliphatic carbocycles. The summed E-state index contributed by atoms with van der Waals surface area (Å²) in [6.07, 6.45) is 0. The molecule has 1 rings (SSSR count). The first kappa shape index (κ1) is 8.31. The molecule has 1 aromatic heterocycles. The van der Waals surface area contributed by atoms with E-state index in [0.29, 0.717) is 5.92 Å². The van der Waals surface area contributed by atoms with Gasteiger partial charge >= 0.3 is 0 Å². The Morgan fingerprint density at radius 2 is 2.00 bits per heavy atom. The smallest absolute Gasteiger partial charge is 0.141 e. The molecule has 0 radical (unpaired) electrons. The van der Waals surface area contributed by atoms with Crippen LogP contribution in [0.1, 0.15) is 31.2 Å². The monoisotopic (exact) mass is 147 g/mol. The minimum absolute atomic E-state index is 0.536. The first-order valence-electron chi connectivity index (χ1n) is 4.05. The number of aryl methyl sites for hydroxylation is 1. The number of hydrogen-bond acceptors (Lipinski definition) is 1. The molecular formula is C9H14BN. The zero-order valence-corrected chi connectivity index (χ0v) is 7.68. The molecule has 0 N–H and O–H groups in total. The standard InChI is InChI=1S/C9H14BN/c1-6(2)9-5-4-8(10)7(3)11-9/h4-6H,10H2,1-3H3. The average Bonchev–Trinajstić information content (AvgIpc) is 1.94. The maximum atomic E-state index is 4.47. The Bertz CT molecular complexity index is 256. The summed E-state index contributed by atoms with van der Waals surface area (Å²) in [5.74, 6) is 0.536. The van der Waals surface area contributed by atoms with Gasteiger partial charge in [-0.1, -0.05) is 25.4 Å². The Morgan fingerprint density at radius 3 is 2.45 bits per heavy atom. The van der Waals surface area contributed by atoms with Crippen molar-refractivity contribution in [3.63, 3.8) is 0 Å². The Labute approximate surface area is 69.3 Å². The van der Waals surface area contributed by atoms with E-state index in [0.717, 1.165) is 5.69 Å². The van der Waals surface area contributed by atoms with E-state index in [9.17, 15) is 0 Å². The second kappa shape index (κ2) is 3.08. The van der Waals surface area contributed by atoms with Crippen molar-refractivity contribution in [2.75, 3.05) is 0 Å². The van der Waals surface area contributed by atoms with Crippen molar-refractivity contribution < 1.29 is 0 Å². The van der Waals surface area contributed by atoms with Gasteiger partial charge in [-0.15, -0.1) is 0 Å². The van der Waals surface area contributed by atoms with Gasteiger partial charge in [0.1, 0.15) is 7.85 Å². The largest absolute Gasteiger partial charge is 0.259 e. The van der Waals surface area contributed by atoms with Crippen LogP contribution >= 0.6 is 0 Å². The predicted molar refractivity (Wildman–Crippen MR) is 51.2 cm³/mol. The summed E-state index contributed by atoms with van der Waals surface area (Å²) in [6, 6.07) is 4.24. The van der Waals surface area contributed by atoms with Crippen LogP contribution in [0.4, 0.5) is 0 Å². The van der Waals surface area contributed by atoms with Gasteiger partial charge in [0.05, 0.1) is 0 Å². The van der Waals surface area contributed by atoms with Crippen molar-refractivity contribution in [2.24, 2.45) is 0 Å². The van der Waals surface area contributed by atoms with Gasteiger partial charge in [0, 0.05) is 11.4 Å². The highest BCUT2D eigenvalue weighted by molar-refractivity contribution is 6.32. The number of nitrogens with zero attached hydrogens (tertiary/aromatic N) is 1. The number of pyridine rings is 1. The molecule has 1 aromatic rings. The van der Waals surface area contributed by atoms with Gasteiger partial charge in [-0.25, -0.2) is 0 Å². The van der Waals surface area contributed by atoms with E-state index in [-0.39, 0.29) is 0 Å². The zero-order valence-electron chi connectivity index (χ0n) is 7.68. The molecule has 0 saturated carbocycles. The molecule has 58 valence electrons. The van der Waals surface area contributed by atoms with Crippen molar-refractivity contribution in [2.45, 2.75) is 26.7 Å². The quantitative estimate of drug-likeness (QED) is 0.534. The molecule has 0 aliphatic heterocycles. The molecule has 0 saturated heterocycles. The lowest BCUT2D eigenvalue weighted by Crippen LogP contribution is -2.10. The van der Waals surface area contributed by atoms with Gasteiger partial charge in [0.2, 0.25) is 0 Å². The molecule has 1 heterocycles. The first-order valence-corrected chi connectivity index (χ1v) is 4.05. The molecule has 0 aliphatic rings. The second-order valence-electron chi connectivity index (χ2n) is 3.29. The molecular weight excluding hydrogens is 133 g/mol. The third kappa shape index (κ3) is 1.82. The van der Waals surface area contributed by atoms with Gasteiger partial charge in [0.25, 0.3) is 0 Å². The van der Waals surface area contributed by atoms with Crippen molar-refractivity contribution >= 4 is 13.3 Å². The van der Waals surface area contributed by atoms with Crippen LogP contribution in [-0.4, -0.2) is 12.8 Å². The number of hydrogen-bond donors (Lipinski definition) is 0. The molecule has 0 spiro atoms. The van der Waals surface area contributed by atoms with E-state index in [1.54, 1.807) is 0 Å². The summed E-state index contributed by atoms with van der Waals surface area (Å²) >= 11 is 0. The maximum absolute atomic E-state index is 4.47. The molecule has 0 unspecified atom stereocenters. The Hall–Kier alpha value is -0.785. The van der Waals surface area contributed by atoms with Gasteiger partial charge in [0.15, 0.2) is 0 Å². The van der Waals surface area contributed by atoms with Crippen molar-refractivity contribution in [1.82, 2.24) is 4.98 Å². The molecule has 0 bridgehead atoms. The summed E-state index contributed by atoms with van der Waals surface area (Å²) in [5, 5.41) is 0. The number of aromatic nitrogens is 1. The van der Waals surface area contributed by atoms with E-state index in [1.165, 1.54) is 11.2 Å². The lowest BCUT2D eigenvalue weighted by atomic mass is 9.93. The first-order chi connectivity index (χ1) is 5.11. The van der Waals surface area contributed by atoms with Gasteiger partial charge in [-0.2, -0.15) is 0 Å². The van der Waals surface area contributed by atoms with Gasteiger partial charge in [-0.05, 0) is 18.9 Å². The van der Waals surface area contributed by atoms with E-state index >= 15 is 0 Å². The highest BCUT2D eigenvalue weighted by atomic mass is 14.7. The normalized spacial score (nSPS) is 10.5. The lowest BCUT2D eigenvalue weighted by Gasteiger charge is -2.06. The van der Waals surface area contributed by atoms with E-state index < -0.39 is 0 Å². The summed E-state index contributed by atoms with van der Waals surface area (Å²) in [7, 11) is 2.09. The van der Waals surface area contributed by atoms with Crippen LogP contribution in [0.5, 0.6) is 0 Å². The highest BCUT2D eigenvalue weighted by Gasteiger charge is 2.00. The van der Waals surface area contributed by atoms with Gasteiger partial charge < -0.3 is 0 Å².